The second kappa shape index (κ2) is 8.10. The number of benzene rings is 1. The smallest absolute Gasteiger partial charge is 0.234 e. The van der Waals surface area contributed by atoms with E-state index in [1.807, 2.05) is 0 Å². The highest BCUT2D eigenvalue weighted by atomic mass is 16.2. The Morgan fingerprint density at radius 3 is 2.75 bits per heavy atom. The van der Waals surface area contributed by atoms with Crippen LogP contribution in [0.15, 0.2) is 24.3 Å². The van der Waals surface area contributed by atoms with Crippen molar-refractivity contribution >= 4 is 5.91 Å². The van der Waals surface area contributed by atoms with Gasteiger partial charge in [-0.1, -0.05) is 24.3 Å². The molecule has 1 amide bonds. The molecule has 0 aromatic heterocycles. The predicted molar refractivity (Wildman–Crippen MR) is 96.9 cm³/mol. The molecule has 1 fully saturated rings. The lowest BCUT2D eigenvalue weighted by Gasteiger charge is -2.34. The van der Waals surface area contributed by atoms with Gasteiger partial charge < -0.3 is 10.6 Å². The number of nitrogens with zero attached hydrogens (tertiary/aromatic N) is 2. The minimum Gasteiger partial charge on any atom is -0.353 e. The van der Waals surface area contributed by atoms with Gasteiger partial charge in [-0.15, -0.1) is 0 Å². The summed E-state index contributed by atoms with van der Waals surface area (Å²) in [5, 5.41) is 6.52. The Balaban J connectivity index is 1.46. The average Bonchev–Trinajstić information content (AvgIpc) is 2.60. The molecule has 1 unspecified atom stereocenters. The first-order valence-corrected chi connectivity index (χ1v) is 9.08. The predicted octanol–water partition coefficient (Wildman–Crippen LogP) is 0.843. The second-order valence-electron chi connectivity index (χ2n) is 7.24. The number of piperidine rings is 1. The molecule has 0 bridgehead atoms. The number of hydrogen-bond donors (Lipinski definition) is 2. The zero-order chi connectivity index (χ0) is 16.9. The fourth-order valence-corrected chi connectivity index (χ4v) is 3.84. The van der Waals surface area contributed by atoms with Crippen molar-refractivity contribution in [2.75, 3.05) is 40.3 Å². The minimum absolute atomic E-state index is 0.142. The van der Waals surface area contributed by atoms with Crippen LogP contribution in [0.4, 0.5) is 0 Å². The van der Waals surface area contributed by atoms with Crippen LogP contribution in [0.25, 0.3) is 0 Å². The van der Waals surface area contributed by atoms with Crippen LogP contribution in [0.2, 0.25) is 0 Å². The molecular formula is C19H30N4O. The standard InChI is InChI=1S/C19H30N4O/c1-22-13-16-6-4-3-5-15(16)11-18(22)12-21-19(24)14-23(2)17-7-9-20-10-8-17/h3-6,17-18,20H,7-14H2,1-2H3,(H,21,24). The van der Waals surface area contributed by atoms with Crippen LogP contribution in [0.3, 0.4) is 0 Å². The number of likely N-dealkylation sites (N-methyl/N-ethyl adjacent to an activating group) is 2. The molecule has 5 nitrogen and oxygen atoms in total. The third-order valence-electron chi connectivity index (χ3n) is 5.48. The monoisotopic (exact) mass is 330 g/mol. The van der Waals surface area contributed by atoms with Crippen LogP contribution in [0.5, 0.6) is 0 Å². The summed E-state index contributed by atoms with van der Waals surface area (Å²) in [5.41, 5.74) is 2.83. The lowest BCUT2D eigenvalue weighted by Crippen LogP contribution is -2.49. The SMILES string of the molecule is CN(CC(=O)NCC1Cc2ccccc2CN1C)C1CCNCC1. The Bertz CT molecular complexity index is 556. The number of carbonyl (C=O) groups excluding carboxylic acids is 1. The van der Waals surface area contributed by atoms with Crippen LogP contribution in [0, 0.1) is 0 Å². The zero-order valence-corrected chi connectivity index (χ0v) is 14.9. The molecule has 1 aromatic carbocycles. The molecule has 1 aromatic rings. The summed E-state index contributed by atoms with van der Waals surface area (Å²) >= 11 is 0. The van der Waals surface area contributed by atoms with Gasteiger partial charge in [0.25, 0.3) is 0 Å². The van der Waals surface area contributed by atoms with Gasteiger partial charge in [0.05, 0.1) is 6.54 Å². The first kappa shape index (κ1) is 17.4. The Morgan fingerprint density at radius 1 is 1.29 bits per heavy atom. The molecule has 0 aliphatic carbocycles. The quantitative estimate of drug-likeness (QED) is 0.840. The summed E-state index contributed by atoms with van der Waals surface area (Å²) in [6.07, 6.45) is 3.27. The van der Waals surface area contributed by atoms with Crippen molar-refractivity contribution in [3.63, 3.8) is 0 Å². The fraction of sp³-hybridized carbons (Fsp3) is 0.632. The van der Waals surface area contributed by atoms with E-state index in [-0.39, 0.29) is 5.91 Å². The van der Waals surface area contributed by atoms with E-state index in [4.69, 9.17) is 0 Å². The van der Waals surface area contributed by atoms with Gasteiger partial charge in [-0.3, -0.25) is 14.6 Å². The molecule has 2 N–H and O–H groups in total. The first-order chi connectivity index (χ1) is 11.6. The van der Waals surface area contributed by atoms with Crippen LogP contribution in [0.1, 0.15) is 24.0 Å². The summed E-state index contributed by atoms with van der Waals surface area (Å²) in [6, 6.07) is 9.53. The van der Waals surface area contributed by atoms with Crippen molar-refractivity contribution < 1.29 is 4.79 Å². The maximum absolute atomic E-state index is 12.3. The van der Waals surface area contributed by atoms with Crippen LogP contribution < -0.4 is 10.6 Å². The van der Waals surface area contributed by atoms with Crippen LogP contribution in [-0.4, -0.2) is 68.1 Å². The van der Waals surface area contributed by atoms with Gasteiger partial charge in [0.15, 0.2) is 0 Å². The molecule has 2 aliphatic heterocycles. The van der Waals surface area contributed by atoms with Crippen molar-refractivity contribution in [3.05, 3.63) is 35.4 Å². The van der Waals surface area contributed by atoms with Crippen molar-refractivity contribution in [1.82, 2.24) is 20.4 Å². The van der Waals surface area contributed by atoms with Gasteiger partial charge in [0.2, 0.25) is 5.91 Å². The average molecular weight is 330 g/mol. The molecular weight excluding hydrogens is 300 g/mol. The highest BCUT2D eigenvalue weighted by molar-refractivity contribution is 5.78. The van der Waals surface area contributed by atoms with E-state index in [0.717, 1.165) is 45.4 Å². The van der Waals surface area contributed by atoms with Crippen molar-refractivity contribution in [2.45, 2.75) is 37.9 Å². The molecule has 24 heavy (non-hydrogen) atoms. The third kappa shape index (κ3) is 4.35. The number of fused-ring (bicyclic) bond motifs is 1. The van der Waals surface area contributed by atoms with Crippen molar-refractivity contribution in [3.8, 4) is 0 Å². The number of carbonyl (C=O) groups is 1. The summed E-state index contributed by atoms with van der Waals surface area (Å²) in [5.74, 6) is 0.142. The van der Waals surface area contributed by atoms with Gasteiger partial charge in [-0.25, -0.2) is 0 Å². The highest BCUT2D eigenvalue weighted by Gasteiger charge is 2.24. The maximum atomic E-state index is 12.3. The van der Waals surface area contributed by atoms with Crippen molar-refractivity contribution in [1.29, 1.82) is 0 Å². The van der Waals surface area contributed by atoms with Gasteiger partial charge in [0, 0.05) is 25.2 Å². The summed E-state index contributed by atoms with van der Waals surface area (Å²) < 4.78 is 0. The van der Waals surface area contributed by atoms with Crippen LogP contribution >= 0.6 is 0 Å². The fourth-order valence-electron chi connectivity index (χ4n) is 3.84. The highest BCUT2D eigenvalue weighted by Crippen LogP contribution is 2.21. The molecule has 0 radical (unpaired) electrons. The Morgan fingerprint density at radius 2 is 2.00 bits per heavy atom. The van der Waals surface area contributed by atoms with Gasteiger partial charge in [-0.2, -0.15) is 0 Å². The third-order valence-corrected chi connectivity index (χ3v) is 5.48. The van der Waals surface area contributed by atoms with E-state index >= 15 is 0 Å². The van der Waals surface area contributed by atoms with E-state index in [1.165, 1.54) is 11.1 Å². The lowest BCUT2D eigenvalue weighted by molar-refractivity contribution is -0.122. The van der Waals surface area contributed by atoms with Gasteiger partial charge in [-0.05, 0) is 57.6 Å². The van der Waals surface area contributed by atoms with E-state index in [1.54, 1.807) is 0 Å². The molecule has 1 saturated heterocycles. The van der Waals surface area contributed by atoms with Crippen molar-refractivity contribution in [2.24, 2.45) is 0 Å². The topological polar surface area (TPSA) is 47.6 Å². The molecule has 0 saturated carbocycles. The lowest BCUT2D eigenvalue weighted by atomic mass is 9.94. The molecule has 5 heteroatoms. The zero-order valence-electron chi connectivity index (χ0n) is 14.9. The number of nitrogens with one attached hydrogen (secondary N) is 2. The van der Waals surface area contributed by atoms with E-state index in [2.05, 4.69) is 58.8 Å². The van der Waals surface area contributed by atoms with E-state index < -0.39 is 0 Å². The Labute approximate surface area is 145 Å². The molecule has 0 spiro atoms. The van der Waals surface area contributed by atoms with E-state index in [0.29, 0.717) is 18.6 Å². The van der Waals surface area contributed by atoms with Gasteiger partial charge in [0.1, 0.15) is 0 Å². The normalized spacial score (nSPS) is 22.4. The number of amides is 1. The first-order valence-electron chi connectivity index (χ1n) is 9.08. The molecule has 1 atom stereocenters. The molecule has 3 rings (SSSR count). The Hall–Kier alpha value is -1.43. The summed E-state index contributed by atoms with van der Waals surface area (Å²) in [6.45, 7) is 4.30. The number of hydrogen-bond acceptors (Lipinski definition) is 4. The number of rotatable bonds is 5. The largest absolute Gasteiger partial charge is 0.353 e. The minimum atomic E-state index is 0.142. The van der Waals surface area contributed by atoms with Gasteiger partial charge >= 0.3 is 0 Å². The molecule has 132 valence electrons. The maximum Gasteiger partial charge on any atom is 0.234 e. The molecule has 2 aliphatic rings. The second-order valence-corrected chi connectivity index (χ2v) is 7.24. The Kier molecular flexibility index (Phi) is 5.87. The molecule has 2 heterocycles. The summed E-state index contributed by atoms with van der Waals surface area (Å²) in [7, 11) is 4.21. The van der Waals surface area contributed by atoms with Crippen LogP contribution in [-0.2, 0) is 17.8 Å². The van der Waals surface area contributed by atoms with E-state index in [9.17, 15) is 4.79 Å². The summed E-state index contributed by atoms with van der Waals surface area (Å²) in [4.78, 5) is 16.9.